The van der Waals surface area contributed by atoms with Gasteiger partial charge in [0, 0.05) is 18.8 Å². The van der Waals surface area contributed by atoms with Crippen LogP contribution in [0.2, 0.25) is 0 Å². The van der Waals surface area contributed by atoms with Gasteiger partial charge in [0.1, 0.15) is 30.6 Å². The molecule has 1 heterocycles. The molecular weight excluding hydrogens is 532 g/mol. The topological polar surface area (TPSA) is 154 Å². The Balaban J connectivity index is 1.86. The minimum absolute atomic E-state index is 0.0788. The SMILES string of the molecule is CCCCN(CCCC)c1ccc(C2=C(C#N)C(=C(C#N)C#N)N(CCOC(=O)c3ccc(OC#N)cc3)C2=O)cc1. The molecular formula is C32H30N6O4. The Labute approximate surface area is 245 Å². The Hall–Kier alpha value is -5.58. The number of anilines is 1. The smallest absolute Gasteiger partial charge is 0.338 e. The molecule has 10 nitrogen and oxygen atoms in total. The summed E-state index contributed by atoms with van der Waals surface area (Å²) in [5, 5.41) is 37.8. The lowest BCUT2D eigenvalue weighted by atomic mass is 9.99. The minimum Gasteiger partial charge on any atom is -0.460 e. The highest BCUT2D eigenvalue weighted by Crippen LogP contribution is 2.37. The Bertz CT molecular complexity index is 1510. The molecule has 0 saturated heterocycles. The summed E-state index contributed by atoms with van der Waals surface area (Å²) in [5.74, 6) is -0.992. The summed E-state index contributed by atoms with van der Waals surface area (Å²) < 4.78 is 10.0. The molecule has 0 fully saturated rings. The quantitative estimate of drug-likeness (QED) is 0.181. The van der Waals surface area contributed by atoms with E-state index in [2.05, 4.69) is 18.7 Å². The zero-order valence-electron chi connectivity index (χ0n) is 23.6. The van der Waals surface area contributed by atoms with Crippen LogP contribution in [0.4, 0.5) is 5.69 Å². The van der Waals surface area contributed by atoms with Crippen molar-refractivity contribution in [3.05, 3.63) is 76.5 Å². The molecule has 0 N–H and O–H groups in total. The van der Waals surface area contributed by atoms with Crippen molar-refractivity contribution in [1.82, 2.24) is 4.90 Å². The molecule has 0 radical (unpaired) electrons. The molecule has 42 heavy (non-hydrogen) atoms. The molecule has 1 aliphatic rings. The number of carbonyl (C=O) groups excluding carboxylic acids is 2. The molecule has 2 aromatic rings. The van der Waals surface area contributed by atoms with Gasteiger partial charge >= 0.3 is 5.97 Å². The Morgan fingerprint density at radius 3 is 2.05 bits per heavy atom. The molecule has 0 unspecified atom stereocenters. The van der Waals surface area contributed by atoms with Crippen LogP contribution in [0.1, 0.15) is 55.5 Å². The van der Waals surface area contributed by atoms with E-state index in [0.29, 0.717) is 5.56 Å². The minimum atomic E-state index is -0.684. The van der Waals surface area contributed by atoms with Gasteiger partial charge in [-0.15, -0.1) is 5.26 Å². The van der Waals surface area contributed by atoms with E-state index in [1.807, 2.05) is 18.2 Å². The molecule has 2 aromatic carbocycles. The van der Waals surface area contributed by atoms with Gasteiger partial charge in [-0.2, -0.15) is 15.8 Å². The molecule has 0 bridgehead atoms. The van der Waals surface area contributed by atoms with Crippen molar-refractivity contribution in [1.29, 1.82) is 21.0 Å². The highest BCUT2D eigenvalue weighted by Gasteiger charge is 2.38. The number of allylic oxidation sites excluding steroid dienone is 2. The number of rotatable bonds is 13. The normalized spacial score (nSPS) is 12.2. The van der Waals surface area contributed by atoms with E-state index < -0.39 is 17.4 Å². The van der Waals surface area contributed by atoms with Crippen molar-refractivity contribution in [3.8, 4) is 30.2 Å². The number of hydrogen-bond acceptors (Lipinski definition) is 9. The van der Waals surface area contributed by atoms with Crippen LogP contribution in [0.5, 0.6) is 5.75 Å². The molecule has 3 rings (SSSR count). The van der Waals surface area contributed by atoms with E-state index in [1.165, 1.54) is 30.5 Å². The second-order valence-corrected chi connectivity index (χ2v) is 9.36. The van der Waals surface area contributed by atoms with Crippen LogP contribution < -0.4 is 9.64 Å². The maximum absolute atomic E-state index is 13.6. The van der Waals surface area contributed by atoms with Crippen LogP contribution >= 0.6 is 0 Å². The van der Waals surface area contributed by atoms with Gasteiger partial charge in [-0.05, 0) is 54.8 Å². The largest absolute Gasteiger partial charge is 0.460 e. The van der Waals surface area contributed by atoms with Gasteiger partial charge in [0.15, 0.2) is 5.57 Å². The third-order valence-electron chi connectivity index (χ3n) is 6.67. The molecule has 212 valence electrons. The first-order chi connectivity index (χ1) is 20.4. The number of nitriles is 4. The monoisotopic (exact) mass is 562 g/mol. The van der Waals surface area contributed by atoms with Gasteiger partial charge in [0.2, 0.25) is 0 Å². The number of nitrogens with zero attached hydrogens (tertiary/aromatic N) is 6. The van der Waals surface area contributed by atoms with Crippen molar-refractivity contribution in [2.24, 2.45) is 0 Å². The van der Waals surface area contributed by atoms with E-state index in [1.54, 1.807) is 24.3 Å². The van der Waals surface area contributed by atoms with Crippen molar-refractivity contribution in [2.75, 3.05) is 31.1 Å². The molecule has 0 aromatic heterocycles. The predicted octanol–water partition coefficient (Wildman–Crippen LogP) is 5.23. The van der Waals surface area contributed by atoms with Crippen molar-refractivity contribution < 1.29 is 19.1 Å². The number of unbranched alkanes of at least 4 members (excludes halogenated alkanes) is 2. The summed E-state index contributed by atoms with van der Waals surface area (Å²) in [6.07, 6.45) is 5.77. The van der Waals surface area contributed by atoms with Crippen LogP contribution in [0.3, 0.4) is 0 Å². The second kappa shape index (κ2) is 15.3. The number of amides is 1. The Morgan fingerprint density at radius 1 is 0.905 bits per heavy atom. The zero-order chi connectivity index (χ0) is 30.5. The van der Waals surface area contributed by atoms with Crippen LogP contribution in [-0.4, -0.2) is 43.0 Å². The summed E-state index contributed by atoms with van der Waals surface area (Å²) in [4.78, 5) is 29.6. The fourth-order valence-corrected chi connectivity index (χ4v) is 4.51. The van der Waals surface area contributed by atoms with Crippen LogP contribution in [0, 0.1) is 45.5 Å². The van der Waals surface area contributed by atoms with Crippen molar-refractivity contribution in [2.45, 2.75) is 39.5 Å². The fourth-order valence-electron chi connectivity index (χ4n) is 4.51. The third kappa shape index (κ3) is 7.13. The van der Waals surface area contributed by atoms with Gasteiger partial charge in [-0.3, -0.25) is 4.79 Å². The first-order valence-electron chi connectivity index (χ1n) is 13.6. The summed E-state index contributed by atoms with van der Waals surface area (Å²) in [5.41, 5.74) is 1.19. The number of carbonyl (C=O) groups is 2. The highest BCUT2D eigenvalue weighted by molar-refractivity contribution is 6.26. The molecule has 0 aliphatic carbocycles. The Morgan fingerprint density at radius 2 is 1.52 bits per heavy atom. The van der Waals surface area contributed by atoms with Crippen LogP contribution in [-0.2, 0) is 9.53 Å². The average molecular weight is 563 g/mol. The van der Waals surface area contributed by atoms with Gasteiger partial charge in [0.05, 0.1) is 29.0 Å². The van der Waals surface area contributed by atoms with E-state index in [0.717, 1.165) is 49.4 Å². The lowest BCUT2D eigenvalue weighted by Crippen LogP contribution is -2.31. The molecule has 0 atom stereocenters. The third-order valence-corrected chi connectivity index (χ3v) is 6.67. The second-order valence-electron chi connectivity index (χ2n) is 9.36. The molecule has 0 saturated carbocycles. The summed E-state index contributed by atoms with van der Waals surface area (Å²) in [7, 11) is 0. The highest BCUT2D eigenvalue weighted by atomic mass is 16.5. The van der Waals surface area contributed by atoms with E-state index in [9.17, 15) is 25.4 Å². The fraction of sp³-hybridized carbons (Fsp3) is 0.312. The molecule has 10 heteroatoms. The van der Waals surface area contributed by atoms with Crippen molar-refractivity contribution >= 4 is 23.1 Å². The predicted molar refractivity (Wildman–Crippen MR) is 154 cm³/mol. The van der Waals surface area contributed by atoms with Crippen LogP contribution in [0.15, 0.2) is 65.4 Å². The van der Waals surface area contributed by atoms with Gasteiger partial charge in [-0.1, -0.05) is 38.8 Å². The number of esters is 1. The Kier molecular flexibility index (Phi) is 11.3. The summed E-state index contributed by atoms with van der Waals surface area (Å²) in [6, 6.07) is 18.6. The van der Waals surface area contributed by atoms with E-state index in [4.69, 9.17) is 14.7 Å². The standard InChI is InChI=1S/C32H30N6O4/c1-3-5-15-37(16-6-4-2)26-11-7-23(8-12-26)29-28(21-35)30(25(19-33)20-34)38(31(29)39)17-18-41-32(40)24-9-13-27(14-10-24)42-22-36/h7-14H,3-6,15-18H2,1-2H3. The van der Waals surface area contributed by atoms with Gasteiger partial charge in [0.25, 0.3) is 12.2 Å². The maximum atomic E-state index is 13.6. The van der Waals surface area contributed by atoms with Gasteiger partial charge < -0.3 is 19.3 Å². The molecule has 1 amide bonds. The lowest BCUT2D eigenvalue weighted by Gasteiger charge is -2.25. The zero-order valence-corrected chi connectivity index (χ0v) is 23.6. The first kappa shape index (κ1) is 31.0. The summed E-state index contributed by atoms with van der Waals surface area (Å²) in [6.45, 7) is 5.65. The lowest BCUT2D eigenvalue weighted by molar-refractivity contribution is -0.122. The summed E-state index contributed by atoms with van der Waals surface area (Å²) >= 11 is 0. The number of benzene rings is 2. The van der Waals surface area contributed by atoms with E-state index in [-0.39, 0.29) is 41.3 Å². The number of hydrogen-bond donors (Lipinski definition) is 0. The van der Waals surface area contributed by atoms with Gasteiger partial charge in [-0.25, -0.2) is 4.79 Å². The number of ether oxygens (including phenoxy) is 2. The van der Waals surface area contributed by atoms with E-state index >= 15 is 0 Å². The molecule has 0 spiro atoms. The first-order valence-corrected chi connectivity index (χ1v) is 13.6. The maximum Gasteiger partial charge on any atom is 0.338 e. The molecule has 1 aliphatic heterocycles. The van der Waals surface area contributed by atoms with Crippen LogP contribution in [0.25, 0.3) is 5.57 Å². The van der Waals surface area contributed by atoms with Crippen molar-refractivity contribution in [3.63, 3.8) is 0 Å². The average Bonchev–Trinajstić information content (AvgIpc) is 3.29.